The number of aromatic nitrogens is 1. The van der Waals surface area contributed by atoms with Gasteiger partial charge in [-0.25, -0.2) is 21.9 Å². The van der Waals surface area contributed by atoms with Crippen LogP contribution in [0.4, 0.5) is 8.78 Å². The van der Waals surface area contributed by atoms with Crippen LogP contribution in [0.5, 0.6) is 0 Å². The quantitative estimate of drug-likeness (QED) is 0.492. The number of halogens is 2. The number of carbonyl (C=O) groups excluding carboxylic acids is 1. The van der Waals surface area contributed by atoms with Crippen molar-refractivity contribution in [2.45, 2.75) is 49.6 Å². The Hall–Kier alpha value is -3.17. The molecule has 1 heterocycles. The molecule has 0 aliphatic heterocycles. The van der Waals surface area contributed by atoms with E-state index in [1.807, 2.05) is 6.92 Å². The SMILES string of the molecule is C[C@@H](NC(=O)C1CCC(NS(=O)(=O)c2ccc(-c3ccncc3)c(F)c2)CC1)c1ccc(F)cc1. The molecule has 0 unspecified atom stereocenters. The van der Waals surface area contributed by atoms with E-state index >= 15 is 0 Å². The zero-order valence-electron chi connectivity index (χ0n) is 19.2. The molecule has 1 atom stereocenters. The molecule has 1 saturated carbocycles. The summed E-state index contributed by atoms with van der Waals surface area (Å²) in [5.74, 6) is -1.29. The average molecular weight is 500 g/mol. The fraction of sp³-hybridized carbons (Fsp3) is 0.308. The lowest BCUT2D eigenvalue weighted by molar-refractivity contribution is -0.126. The maximum atomic E-state index is 14.7. The topological polar surface area (TPSA) is 88.2 Å². The van der Waals surface area contributed by atoms with E-state index in [4.69, 9.17) is 0 Å². The lowest BCUT2D eigenvalue weighted by atomic mass is 9.85. The molecule has 1 aromatic heterocycles. The number of sulfonamides is 1. The zero-order valence-corrected chi connectivity index (χ0v) is 20.1. The molecule has 35 heavy (non-hydrogen) atoms. The first kappa shape index (κ1) is 24.9. The van der Waals surface area contributed by atoms with E-state index in [1.54, 1.807) is 36.7 Å². The van der Waals surface area contributed by atoms with Crippen molar-refractivity contribution in [1.29, 1.82) is 0 Å². The minimum absolute atomic E-state index is 0.100. The van der Waals surface area contributed by atoms with Gasteiger partial charge in [0, 0.05) is 29.9 Å². The summed E-state index contributed by atoms with van der Waals surface area (Å²) in [6.45, 7) is 1.84. The van der Waals surface area contributed by atoms with Gasteiger partial charge in [0.25, 0.3) is 0 Å². The van der Waals surface area contributed by atoms with E-state index < -0.39 is 15.8 Å². The highest BCUT2D eigenvalue weighted by molar-refractivity contribution is 7.89. The summed E-state index contributed by atoms with van der Waals surface area (Å²) in [6, 6.07) is 12.6. The van der Waals surface area contributed by atoms with Crippen molar-refractivity contribution in [3.8, 4) is 11.1 Å². The number of amides is 1. The van der Waals surface area contributed by atoms with Gasteiger partial charge >= 0.3 is 0 Å². The minimum Gasteiger partial charge on any atom is -0.349 e. The van der Waals surface area contributed by atoms with Crippen LogP contribution in [0.3, 0.4) is 0 Å². The van der Waals surface area contributed by atoms with E-state index in [2.05, 4.69) is 15.0 Å². The maximum Gasteiger partial charge on any atom is 0.240 e. The summed E-state index contributed by atoms with van der Waals surface area (Å²) >= 11 is 0. The van der Waals surface area contributed by atoms with Gasteiger partial charge in [0.05, 0.1) is 10.9 Å². The van der Waals surface area contributed by atoms with Crippen LogP contribution in [0.1, 0.15) is 44.2 Å². The molecule has 0 bridgehead atoms. The first-order chi connectivity index (χ1) is 16.7. The van der Waals surface area contributed by atoms with Crippen molar-refractivity contribution in [2.75, 3.05) is 0 Å². The Morgan fingerprint density at radius 1 is 0.971 bits per heavy atom. The van der Waals surface area contributed by atoms with Gasteiger partial charge in [0.15, 0.2) is 0 Å². The minimum atomic E-state index is -3.91. The molecule has 0 saturated heterocycles. The fourth-order valence-corrected chi connectivity index (χ4v) is 5.67. The fourth-order valence-electron chi connectivity index (χ4n) is 4.36. The van der Waals surface area contributed by atoms with Gasteiger partial charge in [-0.15, -0.1) is 0 Å². The molecule has 1 aliphatic rings. The molecule has 9 heteroatoms. The van der Waals surface area contributed by atoms with Gasteiger partial charge in [-0.05, 0) is 80.1 Å². The van der Waals surface area contributed by atoms with Gasteiger partial charge in [-0.2, -0.15) is 0 Å². The highest BCUT2D eigenvalue weighted by Crippen LogP contribution is 2.28. The van der Waals surface area contributed by atoms with Crippen LogP contribution in [-0.4, -0.2) is 25.4 Å². The third-order valence-electron chi connectivity index (χ3n) is 6.39. The van der Waals surface area contributed by atoms with E-state index in [0.29, 0.717) is 36.8 Å². The smallest absolute Gasteiger partial charge is 0.240 e. The Kier molecular flexibility index (Phi) is 7.57. The third-order valence-corrected chi connectivity index (χ3v) is 7.91. The molecule has 1 amide bonds. The molecule has 2 N–H and O–H groups in total. The number of hydrogen-bond acceptors (Lipinski definition) is 4. The Morgan fingerprint density at radius 3 is 2.26 bits per heavy atom. The largest absolute Gasteiger partial charge is 0.349 e. The van der Waals surface area contributed by atoms with Gasteiger partial charge in [0.1, 0.15) is 11.6 Å². The molecule has 184 valence electrons. The van der Waals surface area contributed by atoms with Gasteiger partial charge < -0.3 is 5.32 Å². The summed E-state index contributed by atoms with van der Waals surface area (Å²) in [4.78, 5) is 16.4. The average Bonchev–Trinajstić information content (AvgIpc) is 2.85. The molecule has 6 nitrogen and oxygen atoms in total. The molecular weight excluding hydrogens is 472 g/mol. The standard InChI is InChI=1S/C26H27F2N3O3S/c1-17(18-2-6-21(27)7-3-18)30-26(32)20-4-8-22(9-5-20)31-35(33,34)23-10-11-24(25(28)16-23)19-12-14-29-15-13-19/h2-3,6-7,10-17,20,22,31H,4-5,8-9H2,1H3,(H,30,32)/t17-,20?,22?/m1/s1. The Balaban J connectivity index is 1.33. The number of hydrogen-bond donors (Lipinski definition) is 2. The summed E-state index contributed by atoms with van der Waals surface area (Å²) in [5, 5.41) is 2.95. The van der Waals surface area contributed by atoms with Crippen molar-refractivity contribution >= 4 is 15.9 Å². The van der Waals surface area contributed by atoms with Crippen LogP contribution in [0.25, 0.3) is 11.1 Å². The number of carbonyl (C=O) groups is 1. The first-order valence-electron chi connectivity index (χ1n) is 11.5. The van der Waals surface area contributed by atoms with Crippen molar-refractivity contribution in [1.82, 2.24) is 15.0 Å². The van der Waals surface area contributed by atoms with Gasteiger partial charge in [0.2, 0.25) is 15.9 Å². The van der Waals surface area contributed by atoms with Crippen molar-refractivity contribution in [3.05, 3.63) is 84.2 Å². The molecular formula is C26H27F2N3O3S. The van der Waals surface area contributed by atoms with Crippen LogP contribution in [0.2, 0.25) is 0 Å². The van der Waals surface area contributed by atoms with Crippen molar-refractivity contribution in [2.24, 2.45) is 5.92 Å². The van der Waals surface area contributed by atoms with E-state index in [-0.39, 0.29) is 34.6 Å². The molecule has 1 aliphatic carbocycles. The van der Waals surface area contributed by atoms with Crippen LogP contribution >= 0.6 is 0 Å². The van der Waals surface area contributed by atoms with E-state index in [0.717, 1.165) is 11.6 Å². The molecule has 2 aromatic carbocycles. The monoisotopic (exact) mass is 499 g/mol. The number of nitrogens with one attached hydrogen (secondary N) is 2. The molecule has 1 fully saturated rings. The van der Waals surface area contributed by atoms with Gasteiger partial charge in [-0.3, -0.25) is 9.78 Å². The second kappa shape index (κ2) is 10.6. The Labute approximate surface area is 203 Å². The van der Waals surface area contributed by atoms with Crippen LogP contribution in [0.15, 0.2) is 71.9 Å². The van der Waals surface area contributed by atoms with Gasteiger partial charge in [-0.1, -0.05) is 18.2 Å². The van der Waals surface area contributed by atoms with Crippen LogP contribution in [0, 0.1) is 17.6 Å². The Bertz CT molecular complexity index is 1280. The molecule has 4 rings (SSSR count). The van der Waals surface area contributed by atoms with Crippen LogP contribution in [-0.2, 0) is 14.8 Å². The summed E-state index contributed by atoms with van der Waals surface area (Å²) in [5.41, 5.74) is 1.72. The lowest BCUT2D eigenvalue weighted by Crippen LogP contribution is -2.41. The predicted octanol–water partition coefficient (Wildman–Crippen LogP) is 4.74. The molecule has 0 radical (unpaired) electrons. The number of nitrogens with zero attached hydrogens (tertiary/aromatic N) is 1. The summed E-state index contributed by atoms with van der Waals surface area (Å²) < 4.78 is 56.1. The number of rotatable bonds is 7. The van der Waals surface area contributed by atoms with E-state index in [1.165, 1.54) is 24.3 Å². The lowest BCUT2D eigenvalue weighted by Gasteiger charge is -2.29. The normalized spacial score (nSPS) is 19.2. The van der Waals surface area contributed by atoms with E-state index in [9.17, 15) is 22.0 Å². The first-order valence-corrected chi connectivity index (χ1v) is 13.0. The van der Waals surface area contributed by atoms with Crippen molar-refractivity contribution < 1.29 is 22.0 Å². The summed E-state index contributed by atoms with van der Waals surface area (Å²) in [6.07, 6.45) is 5.15. The predicted molar refractivity (Wildman–Crippen MR) is 129 cm³/mol. The molecule has 3 aromatic rings. The maximum absolute atomic E-state index is 14.7. The Morgan fingerprint density at radius 2 is 1.63 bits per heavy atom. The second-order valence-electron chi connectivity index (χ2n) is 8.83. The van der Waals surface area contributed by atoms with Crippen molar-refractivity contribution in [3.63, 3.8) is 0 Å². The summed E-state index contributed by atoms with van der Waals surface area (Å²) in [7, 11) is -3.91. The van der Waals surface area contributed by atoms with Crippen LogP contribution < -0.4 is 10.0 Å². The number of benzene rings is 2. The third kappa shape index (κ3) is 6.10. The molecule has 0 spiro atoms. The number of pyridine rings is 1. The highest BCUT2D eigenvalue weighted by atomic mass is 32.2. The highest BCUT2D eigenvalue weighted by Gasteiger charge is 2.30. The second-order valence-corrected chi connectivity index (χ2v) is 10.5. The zero-order chi connectivity index (χ0) is 25.0.